The summed E-state index contributed by atoms with van der Waals surface area (Å²) < 4.78 is 1.58. The molecule has 11 nitrogen and oxygen atoms in total. The number of imidazole rings is 1. The number of carbonyl (C=O) groups is 2. The summed E-state index contributed by atoms with van der Waals surface area (Å²) in [6, 6.07) is 5.44. The molecule has 5 rings (SSSR count). The molecule has 208 valence electrons. The molecule has 3 aromatic heterocycles. The first-order chi connectivity index (χ1) is 18.9. The summed E-state index contributed by atoms with van der Waals surface area (Å²) >= 11 is 5.97. The maximum atomic E-state index is 13.1. The summed E-state index contributed by atoms with van der Waals surface area (Å²) in [5, 5.41) is 15.0. The highest BCUT2D eigenvalue weighted by atomic mass is 35.5. The van der Waals surface area contributed by atoms with E-state index in [2.05, 4.69) is 25.9 Å². The van der Waals surface area contributed by atoms with E-state index in [-0.39, 0.29) is 17.7 Å². The minimum Gasteiger partial charge on any atom is -0.379 e. The summed E-state index contributed by atoms with van der Waals surface area (Å²) in [6.07, 6.45) is 11.0. The first-order valence-electron chi connectivity index (χ1n) is 13.7. The Bertz CT molecular complexity index is 1320. The zero-order valence-electron chi connectivity index (χ0n) is 21.9. The summed E-state index contributed by atoms with van der Waals surface area (Å²) in [6.45, 7) is 0.556. The molecule has 2 fully saturated rings. The highest BCUT2D eigenvalue weighted by molar-refractivity contribution is 6.29. The van der Waals surface area contributed by atoms with Gasteiger partial charge in [-0.05, 0) is 76.0 Å². The van der Waals surface area contributed by atoms with Crippen molar-refractivity contribution >= 4 is 46.1 Å². The Morgan fingerprint density at radius 3 is 2.54 bits per heavy atom. The van der Waals surface area contributed by atoms with Crippen molar-refractivity contribution in [1.82, 2.24) is 19.6 Å². The van der Waals surface area contributed by atoms with Crippen molar-refractivity contribution < 1.29 is 9.59 Å². The van der Waals surface area contributed by atoms with Crippen LogP contribution in [0.15, 0.2) is 30.6 Å². The molecule has 0 radical (unpaired) electrons. The lowest BCUT2D eigenvalue weighted by Crippen LogP contribution is -2.34. The quantitative estimate of drug-likeness (QED) is 0.211. The SMILES string of the molecule is NCCC[C@H](N)C(=O)CC1CCC(Nc2cc(NC3CC3)c3ncc(C(=O)Nc4ccnc(Cl)c4)n3n2)CC1. The molecule has 0 aliphatic heterocycles. The van der Waals surface area contributed by atoms with Gasteiger partial charge >= 0.3 is 0 Å². The molecule has 3 aromatic rings. The molecule has 0 spiro atoms. The predicted molar refractivity (Wildman–Crippen MR) is 152 cm³/mol. The summed E-state index contributed by atoms with van der Waals surface area (Å²) in [5.41, 5.74) is 13.9. The summed E-state index contributed by atoms with van der Waals surface area (Å²) in [7, 11) is 0. The smallest absolute Gasteiger partial charge is 0.276 e. The van der Waals surface area contributed by atoms with E-state index in [1.165, 1.54) is 12.4 Å². The molecule has 39 heavy (non-hydrogen) atoms. The predicted octanol–water partition coefficient (Wildman–Crippen LogP) is 3.60. The molecular weight excluding hydrogens is 518 g/mol. The number of anilines is 3. The van der Waals surface area contributed by atoms with E-state index in [4.69, 9.17) is 28.2 Å². The van der Waals surface area contributed by atoms with Crippen LogP contribution in [0.25, 0.3) is 5.65 Å². The largest absolute Gasteiger partial charge is 0.379 e. The summed E-state index contributed by atoms with van der Waals surface area (Å²) in [4.78, 5) is 34.1. The van der Waals surface area contributed by atoms with E-state index < -0.39 is 6.04 Å². The van der Waals surface area contributed by atoms with Gasteiger partial charge in [-0.2, -0.15) is 0 Å². The lowest BCUT2D eigenvalue weighted by Gasteiger charge is -2.29. The number of fused-ring (bicyclic) bond motifs is 1. The van der Waals surface area contributed by atoms with Crippen LogP contribution in [0.2, 0.25) is 5.15 Å². The van der Waals surface area contributed by atoms with Crippen LogP contribution in [0.5, 0.6) is 0 Å². The van der Waals surface area contributed by atoms with Crippen molar-refractivity contribution in [3.05, 3.63) is 41.4 Å². The van der Waals surface area contributed by atoms with Gasteiger partial charge in [-0.3, -0.25) is 9.59 Å². The fourth-order valence-electron chi connectivity index (χ4n) is 5.08. The van der Waals surface area contributed by atoms with Gasteiger partial charge in [0.15, 0.2) is 11.3 Å². The second-order valence-electron chi connectivity index (χ2n) is 10.6. The average molecular weight is 554 g/mol. The van der Waals surface area contributed by atoms with Crippen molar-refractivity contribution in [2.75, 3.05) is 22.5 Å². The van der Waals surface area contributed by atoms with Crippen molar-refractivity contribution in [1.29, 1.82) is 0 Å². The van der Waals surface area contributed by atoms with Crippen molar-refractivity contribution in [3.63, 3.8) is 0 Å². The van der Waals surface area contributed by atoms with Crippen LogP contribution in [-0.2, 0) is 4.79 Å². The fourth-order valence-corrected chi connectivity index (χ4v) is 5.25. The number of nitrogens with one attached hydrogen (secondary N) is 3. The van der Waals surface area contributed by atoms with E-state index in [9.17, 15) is 9.59 Å². The molecular formula is C27H36ClN9O2. The van der Waals surface area contributed by atoms with Crippen LogP contribution in [0.1, 0.15) is 68.3 Å². The first kappa shape index (κ1) is 27.3. The van der Waals surface area contributed by atoms with E-state index >= 15 is 0 Å². The third-order valence-corrected chi connectivity index (χ3v) is 7.65. The number of hydrogen-bond donors (Lipinski definition) is 5. The van der Waals surface area contributed by atoms with Crippen molar-refractivity contribution in [2.45, 2.75) is 75.9 Å². The molecule has 7 N–H and O–H groups in total. The Hall–Kier alpha value is -3.28. The molecule has 1 atom stereocenters. The molecule has 0 unspecified atom stereocenters. The lowest BCUT2D eigenvalue weighted by molar-refractivity contribution is -0.121. The summed E-state index contributed by atoms with van der Waals surface area (Å²) in [5.74, 6) is 0.824. The molecule has 2 aliphatic carbocycles. The molecule has 2 aliphatic rings. The molecule has 1 amide bonds. The molecule has 12 heteroatoms. The van der Waals surface area contributed by atoms with Crippen LogP contribution in [0.3, 0.4) is 0 Å². The maximum Gasteiger partial charge on any atom is 0.276 e. The van der Waals surface area contributed by atoms with Crippen LogP contribution in [0, 0.1) is 5.92 Å². The van der Waals surface area contributed by atoms with Gasteiger partial charge in [-0.1, -0.05) is 11.6 Å². The number of pyridine rings is 1. The number of amides is 1. The standard InChI is InChI=1S/C27H36ClN9O2/c28-24-13-19(9-11-31-24)35-27(39)22-15-32-26-21(33-17-7-8-17)14-25(36-37(22)26)34-18-5-3-16(4-6-18)12-23(38)20(30)2-1-10-29/h9,11,13-18,20,33H,1-8,10,12,29-30H2,(H,34,36)(H,31,35,39)/t16?,18?,20-/m0/s1. The average Bonchev–Trinajstić information content (AvgIpc) is 3.63. The highest BCUT2D eigenvalue weighted by Gasteiger charge is 2.27. The molecule has 0 bridgehead atoms. The molecule has 3 heterocycles. The van der Waals surface area contributed by atoms with E-state index in [0.29, 0.717) is 59.3 Å². The molecule has 0 aromatic carbocycles. The number of Topliss-reactive ketones (excluding diaryl/α,β-unsaturated/α-hetero) is 1. The normalized spacial score (nSPS) is 20.0. The number of rotatable bonds is 12. The fraction of sp³-hybridized carbons (Fsp3) is 0.519. The van der Waals surface area contributed by atoms with Crippen LogP contribution in [0.4, 0.5) is 17.2 Å². The Labute approximate surface area is 232 Å². The number of nitrogens with two attached hydrogens (primary N) is 2. The van der Waals surface area contributed by atoms with Gasteiger partial charge in [0.1, 0.15) is 16.8 Å². The van der Waals surface area contributed by atoms with Gasteiger partial charge in [-0.25, -0.2) is 14.5 Å². The van der Waals surface area contributed by atoms with E-state index in [1.54, 1.807) is 16.6 Å². The zero-order valence-corrected chi connectivity index (χ0v) is 22.7. The second-order valence-corrected chi connectivity index (χ2v) is 11.0. The van der Waals surface area contributed by atoms with Crippen LogP contribution >= 0.6 is 11.6 Å². The van der Waals surface area contributed by atoms with Gasteiger partial charge in [-0.15, -0.1) is 5.10 Å². The van der Waals surface area contributed by atoms with Crippen LogP contribution in [-0.4, -0.2) is 55.9 Å². The van der Waals surface area contributed by atoms with Crippen LogP contribution < -0.4 is 27.4 Å². The van der Waals surface area contributed by atoms with Crippen molar-refractivity contribution in [3.8, 4) is 0 Å². The third kappa shape index (κ3) is 7.03. The Morgan fingerprint density at radius 1 is 1.08 bits per heavy atom. The zero-order chi connectivity index (χ0) is 27.4. The van der Waals surface area contributed by atoms with Crippen molar-refractivity contribution in [2.24, 2.45) is 17.4 Å². The number of hydrogen-bond acceptors (Lipinski definition) is 9. The number of aromatic nitrogens is 4. The lowest BCUT2D eigenvalue weighted by atomic mass is 9.82. The number of nitrogens with zero attached hydrogens (tertiary/aromatic N) is 4. The first-order valence-corrected chi connectivity index (χ1v) is 14.1. The van der Waals surface area contributed by atoms with E-state index in [0.717, 1.165) is 50.6 Å². The minimum atomic E-state index is -0.408. The van der Waals surface area contributed by atoms with Gasteiger partial charge in [0.2, 0.25) is 0 Å². The van der Waals surface area contributed by atoms with Gasteiger partial charge in [0.25, 0.3) is 5.91 Å². The minimum absolute atomic E-state index is 0.141. The Morgan fingerprint density at radius 2 is 1.82 bits per heavy atom. The van der Waals surface area contributed by atoms with Gasteiger partial charge in [0.05, 0.1) is 17.9 Å². The monoisotopic (exact) mass is 553 g/mol. The molecule has 0 saturated heterocycles. The second kappa shape index (κ2) is 12.3. The highest BCUT2D eigenvalue weighted by Crippen LogP contribution is 2.32. The van der Waals surface area contributed by atoms with Gasteiger partial charge < -0.3 is 27.4 Å². The third-order valence-electron chi connectivity index (χ3n) is 7.44. The topological polar surface area (TPSA) is 165 Å². The van der Waals surface area contributed by atoms with Gasteiger partial charge in [0, 0.05) is 36.5 Å². The Kier molecular flexibility index (Phi) is 8.59. The maximum absolute atomic E-state index is 13.1. The Balaban J connectivity index is 1.27. The number of halogens is 1. The number of carbonyl (C=O) groups excluding carboxylic acids is 2. The molecule has 2 saturated carbocycles. The van der Waals surface area contributed by atoms with E-state index in [1.807, 2.05) is 6.07 Å². The number of ketones is 1.